The van der Waals surface area contributed by atoms with Crippen LogP contribution in [0.5, 0.6) is 5.75 Å². The number of carbonyl (C=O) groups excluding carboxylic acids is 1. The van der Waals surface area contributed by atoms with E-state index in [0.29, 0.717) is 67.8 Å². The minimum absolute atomic E-state index is 0.159. The fourth-order valence-corrected chi connectivity index (χ4v) is 4.50. The van der Waals surface area contributed by atoms with Gasteiger partial charge in [-0.1, -0.05) is 0 Å². The van der Waals surface area contributed by atoms with Gasteiger partial charge < -0.3 is 34.3 Å². The van der Waals surface area contributed by atoms with Gasteiger partial charge in [0, 0.05) is 38.4 Å². The average Bonchev–Trinajstić information content (AvgIpc) is 3.51. The van der Waals surface area contributed by atoms with Crippen LogP contribution in [0.3, 0.4) is 0 Å². The number of hydrogen-bond donors (Lipinski definition) is 2. The van der Waals surface area contributed by atoms with Gasteiger partial charge in [-0.3, -0.25) is 0 Å². The lowest BCUT2D eigenvalue weighted by molar-refractivity contribution is -0.0393. The second kappa shape index (κ2) is 11.4. The van der Waals surface area contributed by atoms with Gasteiger partial charge in [-0.15, -0.1) is 0 Å². The van der Waals surface area contributed by atoms with Crippen LogP contribution in [0, 0.1) is 5.82 Å². The Kier molecular flexibility index (Phi) is 7.87. The molecule has 4 heterocycles. The number of aromatic amines is 1. The summed E-state index contributed by atoms with van der Waals surface area (Å²) in [5.41, 5.74) is 2.03. The zero-order valence-electron chi connectivity index (χ0n) is 21.3. The van der Waals surface area contributed by atoms with Gasteiger partial charge in [0.15, 0.2) is 23.1 Å². The molecule has 0 bridgehead atoms. The molecule has 200 valence electrons. The molecule has 1 aromatic carbocycles. The standard InChI is InChI=1S/C25H34FN7O4/c1-31(2)7-5-11-36-21-15-19-18(14-17(21)26)27-24(28-19)23-20(29-25(34)32-8-12-35-13-9-32)16-33(30-23)22-6-3-4-10-37-22/h14-16,22H,3-13H2,1-2H3,(H,27,28)(H,29,34). The van der Waals surface area contributed by atoms with E-state index in [0.717, 1.165) is 32.2 Å². The molecule has 1 unspecified atom stereocenters. The molecule has 2 aliphatic rings. The number of morpholine rings is 1. The Balaban J connectivity index is 1.42. The Labute approximate surface area is 214 Å². The number of ether oxygens (including phenoxy) is 3. The van der Waals surface area contributed by atoms with Gasteiger partial charge in [-0.05, 0) is 39.8 Å². The number of nitrogens with zero attached hydrogens (tertiary/aromatic N) is 5. The Bertz CT molecular complexity index is 1220. The summed E-state index contributed by atoms with van der Waals surface area (Å²) in [6.45, 7) is 3.96. The molecule has 1 atom stereocenters. The van der Waals surface area contributed by atoms with Crippen molar-refractivity contribution in [3.8, 4) is 17.3 Å². The van der Waals surface area contributed by atoms with E-state index < -0.39 is 5.82 Å². The first-order chi connectivity index (χ1) is 18.0. The van der Waals surface area contributed by atoms with Crippen LogP contribution in [0.1, 0.15) is 31.9 Å². The Morgan fingerprint density at radius 1 is 1.27 bits per heavy atom. The molecule has 2 amide bonds. The lowest BCUT2D eigenvalue weighted by Gasteiger charge is -2.26. The average molecular weight is 516 g/mol. The topological polar surface area (TPSA) is 110 Å². The highest BCUT2D eigenvalue weighted by molar-refractivity contribution is 5.93. The van der Waals surface area contributed by atoms with Crippen molar-refractivity contribution < 1.29 is 23.4 Å². The summed E-state index contributed by atoms with van der Waals surface area (Å²) in [6, 6.07) is 2.73. The highest BCUT2D eigenvalue weighted by Crippen LogP contribution is 2.32. The number of fused-ring (bicyclic) bond motifs is 1. The number of H-pyrrole nitrogens is 1. The molecule has 0 radical (unpaired) electrons. The SMILES string of the molecule is CN(C)CCCOc1cc2nc(-c3nn(C4CCCCO4)cc3NC(=O)N3CCOCC3)[nH]c2cc1F. The van der Waals surface area contributed by atoms with Gasteiger partial charge in [-0.25, -0.2) is 18.9 Å². The van der Waals surface area contributed by atoms with Gasteiger partial charge in [0.2, 0.25) is 0 Å². The van der Waals surface area contributed by atoms with E-state index in [-0.39, 0.29) is 18.0 Å². The van der Waals surface area contributed by atoms with Crippen LogP contribution < -0.4 is 10.1 Å². The molecule has 2 aliphatic heterocycles. The summed E-state index contributed by atoms with van der Waals surface area (Å²) in [4.78, 5) is 24.5. The van der Waals surface area contributed by atoms with Gasteiger partial charge in [0.1, 0.15) is 6.23 Å². The lowest BCUT2D eigenvalue weighted by Crippen LogP contribution is -2.43. The summed E-state index contributed by atoms with van der Waals surface area (Å²) in [5, 5.41) is 7.71. The second-order valence-electron chi connectivity index (χ2n) is 9.61. The number of urea groups is 1. The molecule has 37 heavy (non-hydrogen) atoms. The fraction of sp³-hybridized carbons (Fsp3) is 0.560. The molecule has 2 saturated heterocycles. The maximum absolute atomic E-state index is 14.7. The van der Waals surface area contributed by atoms with Crippen LogP contribution in [0.15, 0.2) is 18.3 Å². The summed E-state index contributed by atoms with van der Waals surface area (Å²) in [5.74, 6) is 0.117. The van der Waals surface area contributed by atoms with Gasteiger partial charge >= 0.3 is 6.03 Å². The number of amides is 2. The molecule has 0 aliphatic carbocycles. The van der Waals surface area contributed by atoms with E-state index in [1.165, 1.54) is 6.07 Å². The van der Waals surface area contributed by atoms with Crippen molar-refractivity contribution in [3.05, 3.63) is 24.1 Å². The molecule has 12 heteroatoms. The van der Waals surface area contributed by atoms with Crippen LogP contribution >= 0.6 is 0 Å². The Morgan fingerprint density at radius 2 is 2.11 bits per heavy atom. The van der Waals surface area contributed by atoms with Crippen molar-refractivity contribution in [2.24, 2.45) is 0 Å². The molecule has 2 aromatic heterocycles. The maximum Gasteiger partial charge on any atom is 0.322 e. The van der Waals surface area contributed by atoms with Crippen LogP contribution in [0.4, 0.5) is 14.9 Å². The van der Waals surface area contributed by atoms with E-state index in [2.05, 4.69) is 20.2 Å². The maximum atomic E-state index is 14.7. The number of nitrogens with one attached hydrogen (secondary N) is 2. The van der Waals surface area contributed by atoms with Crippen molar-refractivity contribution in [3.63, 3.8) is 0 Å². The highest BCUT2D eigenvalue weighted by atomic mass is 19.1. The molecular weight excluding hydrogens is 481 g/mol. The third kappa shape index (κ3) is 6.03. The van der Waals surface area contributed by atoms with Gasteiger partial charge in [0.05, 0.1) is 42.7 Å². The molecular formula is C25H34FN7O4. The lowest BCUT2D eigenvalue weighted by atomic mass is 10.2. The molecule has 0 spiro atoms. The minimum atomic E-state index is -0.463. The summed E-state index contributed by atoms with van der Waals surface area (Å²) >= 11 is 0. The monoisotopic (exact) mass is 515 g/mol. The van der Waals surface area contributed by atoms with Crippen LogP contribution in [0.2, 0.25) is 0 Å². The summed E-state index contributed by atoms with van der Waals surface area (Å²) in [7, 11) is 3.97. The van der Waals surface area contributed by atoms with Crippen LogP contribution in [0.25, 0.3) is 22.6 Å². The Morgan fingerprint density at radius 3 is 2.86 bits per heavy atom. The van der Waals surface area contributed by atoms with Crippen molar-refractivity contribution in [1.29, 1.82) is 0 Å². The quantitative estimate of drug-likeness (QED) is 0.442. The summed E-state index contributed by atoms with van der Waals surface area (Å²) < 4.78 is 33.4. The highest BCUT2D eigenvalue weighted by Gasteiger charge is 2.25. The molecule has 2 N–H and O–H groups in total. The number of benzene rings is 1. The zero-order chi connectivity index (χ0) is 25.8. The van der Waals surface area contributed by atoms with Crippen LogP contribution in [-0.2, 0) is 9.47 Å². The predicted octanol–water partition coefficient (Wildman–Crippen LogP) is 3.46. The number of rotatable bonds is 8. The van der Waals surface area contributed by atoms with E-state index in [9.17, 15) is 9.18 Å². The van der Waals surface area contributed by atoms with Crippen molar-refractivity contribution in [2.45, 2.75) is 31.9 Å². The number of aromatic nitrogens is 4. The molecule has 2 fully saturated rings. The molecule has 11 nitrogen and oxygen atoms in total. The third-order valence-electron chi connectivity index (χ3n) is 6.49. The van der Waals surface area contributed by atoms with E-state index >= 15 is 0 Å². The third-order valence-corrected chi connectivity index (χ3v) is 6.49. The van der Waals surface area contributed by atoms with Crippen LogP contribution in [-0.4, -0.2) is 95.7 Å². The molecule has 5 rings (SSSR count). The second-order valence-corrected chi connectivity index (χ2v) is 9.61. The van der Waals surface area contributed by atoms with Crippen molar-refractivity contribution in [2.75, 3.05) is 65.5 Å². The first kappa shape index (κ1) is 25.4. The van der Waals surface area contributed by atoms with E-state index in [1.54, 1.807) is 21.8 Å². The van der Waals surface area contributed by atoms with Crippen molar-refractivity contribution >= 4 is 22.8 Å². The fourth-order valence-electron chi connectivity index (χ4n) is 4.50. The molecule has 3 aromatic rings. The van der Waals surface area contributed by atoms with E-state index in [1.807, 2.05) is 14.1 Å². The number of anilines is 1. The summed E-state index contributed by atoms with van der Waals surface area (Å²) in [6.07, 6.45) is 5.22. The largest absolute Gasteiger partial charge is 0.490 e. The van der Waals surface area contributed by atoms with Gasteiger partial charge in [0.25, 0.3) is 0 Å². The Hall–Kier alpha value is -3.22. The number of carbonyl (C=O) groups is 1. The van der Waals surface area contributed by atoms with Gasteiger partial charge in [-0.2, -0.15) is 5.10 Å². The molecule has 0 saturated carbocycles. The number of imidazole rings is 1. The first-order valence-corrected chi connectivity index (χ1v) is 12.8. The van der Waals surface area contributed by atoms with E-state index in [4.69, 9.17) is 19.3 Å². The normalized spacial score (nSPS) is 18.5. The number of halogens is 1. The number of hydrogen-bond acceptors (Lipinski definition) is 7. The first-order valence-electron chi connectivity index (χ1n) is 12.8. The predicted molar refractivity (Wildman–Crippen MR) is 136 cm³/mol. The zero-order valence-corrected chi connectivity index (χ0v) is 21.3. The smallest absolute Gasteiger partial charge is 0.322 e. The van der Waals surface area contributed by atoms with Crippen molar-refractivity contribution in [1.82, 2.24) is 29.5 Å². The minimum Gasteiger partial charge on any atom is -0.490 e.